The maximum absolute atomic E-state index is 12.7. The van der Waals surface area contributed by atoms with Crippen molar-refractivity contribution in [1.82, 2.24) is 4.98 Å². The van der Waals surface area contributed by atoms with Crippen LogP contribution < -0.4 is 0 Å². The number of fused-ring (bicyclic) bond motifs is 1. The maximum Gasteiger partial charge on any atom is 0.163 e. The van der Waals surface area contributed by atoms with Gasteiger partial charge in [0.15, 0.2) is 5.78 Å². The first kappa shape index (κ1) is 17.1. The topological polar surface area (TPSA) is 39.2 Å². The average Bonchev–Trinajstić information content (AvgIpc) is 2.61. The zero-order valence-electron chi connectivity index (χ0n) is 15.0. The molecule has 1 aromatic carbocycles. The van der Waals surface area contributed by atoms with Crippen molar-refractivity contribution in [3.05, 3.63) is 41.1 Å². The third-order valence-corrected chi connectivity index (χ3v) is 5.41. The van der Waals surface area contributed by atoms with Gasteiger partial charge >= 0.3 is 0 Å². The summed E-state index contributed by atoms with van der Waals surface area (Å²) in [5.74, 6) is 0.762. The van der Waals surface area contributed by atoms with Gasteiger partial charge in [-0.2, -0.15) is 0 Å². The Balaban J connectivity index is 1.74. The minimum Gasteiger partial charge on any atom is -0.381 e. The van der Waals surface area contributed by atoms with Crippen LogP contribution in [0.1, 0.15) is 60.6 Å². The van der Waals surface area contributed by atoms with Crippen molar-refractivity contribution in [2.45, 2.75) is 58.5 Å². The molecule has 0 bridgehead atoms. The highest BCUT2D eigenvalue weighted by atomic mass is 16.5. The van der Waals surface area contributed by atoms with Gasteiger partial charge in [-0.1, -0.05) is 6.92 Å². The number of nitrogens with zero attached hydrogens (tertiary/aromatic N) is 1. The molecule has 0 N–H and O–H groups in total. The number of hydrogen-bond acceptors (Lipinski definition) is 3. The molecule has 3 heteroatoms. The Morgan fingerprint density at radius 1 is 1.21 bits per heavy atom. The Hall–Kier alpha value is -1.74. The molecule has 1 aliphatic carbocycles. The smallest absolute Gasteiger partial charge is 0.163 e. The van der Waals surface area contributed by atoms with Crippen molar-refractivity contribution >= 4 is 16.7 Å². The van der Waals surface area contributed by atoms with Gasteiger partial charge in [0.05, 0.1) is 11.6 Å². The van der Waals surface area contributed by atoms with Crippen molar-refractivity contribution < 1.29 is 9.53 Å². The summed E-state index contributed by atoms with van der Waals surface area (Å²) in [4.78, 5) is 17.3. The van der Waals surface area contributed by atoms with Crippen molar-refractivity contribution in [2.75, 3.05) is 7.11 Å². The summed E-state index contributed by atoms with van der Waals surface area (Å²) in [5, 5.41) is 1.08. The van der Waals surface area contributed by atoms with E-state index in [4.69, 9.17) is 4.74 Å². The van der Waals surface area contributed by atoms with Gasteiger partial charge in [-0.3, -0.25) is 9.78 Å². The lowest BCUT2D eigenvalue weighted by atomic mass is 9.83. The minimum absolute atomic E-state index is 0.261. The van der Waals surface area contributed by atoms with Gasteiger partial charge in [0, 0.05) is 30.2 Å². The number of Topliss-reactive ketones (excluding diaryl/α,β-unsaturated/α-hetero) is 1. The number of hydrogen-bond donors (Lipinski definition) is 0. The summed E-state index contributed by atoms with van der Waals surface area (Å²) in [6.45, 7) is 4.19. The molecule has 0 atom stereocenters. The van der Waals surface area contributed by atoms with Crippen LogP contribution in [-0.2, 0) is 11.2 Å². The highest BCUT2D eigenvalue weighted by Crippen LogP contribution is 2.29. The normalized spacial score (nSPS) is 21.1. The van der Waals surface area contributed by atoms with Crippen LogP contribution in [0.4, 0.5) is 0 Å². The Morgan fingerprint density at radius 3 is 2.62 bits per heavy atom. The number of ketones is 1. The Kier molecular flexibility index (Phi) is 5.30. The van der Waals surface area contributed by atoms with E-state index in [1.165, 1.54) is 5.56 Å². The molecule has 0 saturated heterocycles. The summed E-state index contributed by atoms with van der Waals surface area (Å²) in [6, 6.07) is 8.11. The number of pyridine rings is 1. The van der Waals surface area contributed by atoms with Crippen molar-refractivity contribution in [3.63, 3.8) is 0 Å². The molecule has 24 heavy (non-hydrogen) atoms. The van der Waals surface area contributed by atoms with Gasteiger partial charge in [-0.15, -0.1) is 0 Å². The molecule has 0 amide bonds. The lowest BCUT2D eigenvalue weighted by molar-refractivity contribution is 0.0539. The number of methoxy groups -OCH3 is 1. The van der Waals surface area contributed by atoms with E-state index in [9.17, 15) is 4.79 Å². The van der Waals surface area contributed by atoms with Crippen LogP contribution in [0.3, 0.4) is 0 Å². The van der Waals surface area contributed by atoms with Crippen molar-refractivity contribution in [1.29, 1.82) is 0 Å². The summed E-state index contributed by atoms with van der Waals surface area (Å²) in [7, 11) is 1.78. The van der Waals surface area contributed by atoms with E-state index in [2.05, 4.69) is 18.0 Å². The molecule has 1 heterocycles. The molecular weight excluding hydrogens is 298 g/mol. The van der Waals surface area contributed by atoms with Crippen LogP contribution in [0.25, 0.3) is 10.9 Å². The predicted molar refractivity (Wildman–Crippen MR) is 97.6 cm³/mol. The van der Waals surface area contributed by atoms with Crippen LogP contribution in [0.15, 0.2) is 24.3 Å². The lowest BCUT2D eigenvalue weighted by Crippen LogP contribution is -2.22. The van der Waals surface area contributed by atoms with Gasteiger partial charge in [0.2, 0.25) is 0 Å². The molecule has 1 aromatic heterocycles. The fourth-order valence-corrected chi connectivity index (χ4v) is 3.80. The molecule has 3 rings (SSSR count). The SMILES string of the molecule is CCc1cc2cc(C(=O)CC3CCC(OC)CC3)ccc2nc1C. The second-order valence-corrected chi connectivity index (χ2v) is 7.00. The van der Waals surface area contributed by atoms with E-state index in [0.717, 1.165) is 54.3 Å². The number of carbonyl (C=O) groups is 1. The summed E-state index contributed by atoms with van der Waals surface area (Å²) >= 11 is 0. The van der Waals surface area contributed by atoms with E-state index < -0.39 is 0 Å². The number of ether oxygens (including phenoxy) is 1. The fourth-order valence-electron chi connectivity index (χ4n) is 3.80. The first-order valence-corrected chi connectivity index (χ1v) is 9.07. The second kappa shape index (κ2) is 7.43. The molecule has 0 radical (unpaired) electrons. The summed E-state index contributed by atoms with van der Waals surface area (Å²) in [6.07, 6.45) is 6.36. The molecular formula is C21H27NO2. The Bertz CT molecular complexity index is 730. The zero-order chi connectivity index (χ0) is 17.1. The number of rotatable bonds is 5. The standard InChI is InChI=1S/C21H27NO2/c1-4-16-12-18-13-17(7-10-20(18)22-14(16)2)21(23)11-15-5-8-19(24-3)9-6-15/h7,10,12-13,15,19H,4-6,8-9,11H2,1-3H3. The lowest BCUT2D eigenvalue weighted by Gasteiger charge is -2.27. The number of benzene rings is 1. The molecule has 1 fully saturated rings. The maximum atomic E-state index is 12.7. The van der Waals surface area contributed by atoms with E-state index in [-0.39, 0.29) is 5.78 Å². The van der Waals surface area contributed by atoms with E-state index in [1.807, 2.05) is 25.1 Å². The minimum atomic E-state index is 0.261. The van der Waals surface area contributed by atoms with Crippen molar-refractivity contribution in [2.24, 2.45) is 5.92 Å². The molecule has 0 unspecified atom stereocenters. The molecule has 3 nitrogen and oxygen atoms in total. The van der Waals surface area contributed by atoms with Gasteiger partial charge in [-0.25, -0.2) is 0 Å². The van der Waals surface area contributed by atoms with Gasteiger partial charge in [0.25, 0.3) is 0 Å². The number of aromatic nitrogens is 1. The van der Waals surface area contributed by atoms with Crippen molar-refractivity contribution in [3.8, 4) is 0 Å². The summed E-state index contributed by atoms with van der Waals surface area (Å²) in [5.41, 5.74) is 4.13. The first-order valence-electron chi connectivity index (χ1n) is 9.07. The Morgan fingerprint density at radius 2 is 1.96 bits per heavy atom. The largest absolute Gasteiger partial charge is 0.381 e. The molecule has 0 spiro atoms. The number of aryl methyl sites for hydroxylation is 2. The molecule has 2 aromatic rings. The molecule has 128 valence electrons. The van der Waals surface area contributed by atoms with Gasteiger partial charge in [0.1, 0.15) is 0 Å². The highest BCUT2D eigenvalue weighted by molar-refractivity contribution is 5.99. The Labute approximate surface area is 144 Å². The third kappa shape index (κ3) is 3.67. The van der Waals surface area contributed by atoms with Gasteiger partial charge < -0.3 is 4.74 Å². The van der Waals surface area contributed by atoms with Crippen LogP contribution in [-0.4, -0.2) is 24.0 Å². The molecule has 1 aliphatic rings. The van der Waals surface area contributed by atoms with Crippen LogP contribution in [0.5, 0.6) is 0 Å². The van der Waals surface area contributed by atoms with E-state index in [1.54, 1.807) is 7.11 Å². The predicted octanol–water partition coefficient (Wildman–Crippen LogP) is 4.88. The zero-order valence-corrected chi connectivity index (χ0v) is 15.0. The number of carbonyl (C=O) groups excluding carboxylic acids is 1. The monoisotopic (exact) mass is 325 g/mol. The van der Waals surface area contributed by atoms with Gasteiger partial charge in [-0.05, 0) is 74.8 Å². The van der Waals surface area contributed by atoms with Crippen LogP contribution >= 0.6 is 0 Å². The van der Waals surface area contributed by atoms with E-state index in [0.29, 0.717) is 18.4 Å². The quantitative estimate of drug-likeness (QED) is 0.735. The average molecular weight is 325 g/mol. The highest BCUT2D eigenvalue weighted by Gasteiger charge is 2.23. The van der Waals surface area contributed by atoms with E-state index >= 15 is 0 Å². The summed E-state index contributed by atoms with van der Waals surface area (Å²) < 4.78 is 5.42. The fraction of sp³-hybridized carbons (Fsp3) is 0.524. The molecule has 1 saturated carbocycles. The van der Waals surface area contributed by atoms with Crippen LogP contribution in [0.2, 0.25) is 0 Å². The van der Waals surface area contributed by atoms with Crippen LogP contribution in [0, 0.1) is 12.8 Å². The molecule has 0 aliphatic heterocycles. The first-order chi connectivity index (χ1) is 11.6. The third-order valence-electron chi connectivity index (χ3n) is 5.41. The second-order valence-electron chi connectivity index (χ2n) is 7.00.